The highest BCUT2D eigenvalue weighted by Crippen LogP contribution is 2.50. The van der Waals surface area contributed by atoms with E-state index in [-0.39, 0.29) is 34.6 Å². The van der Waals surface area contributed by atoms with Gasteiger partial charge in [0.25, 0.3) is 11.8 Å². The van der Waals surface area contributed by atoms with Crippen molar-refractivity contribution >= 4 is 17.8 Å². The van der Waals surface area contributed by atoms with Gasteiger partial charge in [0.2, 0.25) is 0 Å². The molecule has 4 rings (SSSR count). The minimum absolute atomic E-state index is 0.0512. The first-order valence-corrected chi connectivity index (χ1v) is 8.22. The molecule has 0 spiro atoms. The molecule has 2 aromatic rings. The minimum Gasteiger partial charge on any atom is -0.329 e. The number of nitrogens with zero attached hydrogens (tertiary/aromatic N) is 1. The average molecular weight is 393 g/mol. The molecule has 2 aromatic carbocycles. The molecular formula is C19H11F4NO4. The van der Waals surface area contributed by atoms with Crippen LogP contribution in [0.3, 0.4) is 0 Å². The molecule has 1 saturated carbocycles. The Morgan fingerprint density at radius 1 is 1.00 bits per heavy atom. The summed E-state index contributed by atoms with van der Waals surface area (Å²) < 4.78 is 52.6. The number of carbonyl (C=O) groups excluding carboxylic acids is 3. The molecule has 1 heterocycles. The van der Waals surface area contributed by atoms with Crippen molar-refractivity contribution in [2.24, 2.45) is 0 Å². The fourth-order valence-corrected chi connectivity index (χ4v) is 3.19. The number of fused-ring (bicyclic) bond motifs is 1. The van der Waals surface area contributed by atoms with E-state index in [0.717, 1.165) is 6.07 Å². The van der Waals surface area contributed by atoms with Crippen LogP contribution in [0.5, 0.6) is 0 Å². The number of imide groups is 1. The predicted octanol–water partition coefficient (Wildman–Crippen LogP) is 3.63. The van der Waals surface area contributed by atoms with Crippen LogP contribution in [0.1, 0.15) is 44.7 Å². The Balaban J connectivity index is 1.62. The number of hydrogen-bond acceptors (Lipinski definition) is 4. The first kappa shape index (κ1) is 18.1. The number of alkyl halides is 3. The summed E-state index contributed by atoms with van der Waals surface area (Å²) in [7, 11) is 0. The molecule has 5 nitrogen and oxygen atoms in total. The van der Waals surface area contributed by atoms with Gasteiger partial charge in [0.1, 0.15) is 5.82 Å². The molecule has 1 fully saturated rings. The van der Waals surface area contributed by atoms with Gasteiger partial charge < -0.3 is 4.84 Å². The van der Waals surface area contributed by atoms with Crippen LogP contribution in [-0.2, 0) is 21.2 Å². The summed E-state index contributed by atoms with van der Waals surface area (Å²) in [4.78, 5) is 42.2. The lowest BCUT2D eigenvalue weighted by molar-refractivity contribution is -0.172. The monoisotopic (exact) mass is 393 g/mol. The maximum absolute atomic E-state index is 13.7. The second-order valence-corrected chi connectivity index (χ2v) is 6.64. The van der Waals surface area contributed by atoms with Crippen molar-refractivity contribution in [1.29, 1.82) is 0 Å². The highest BCUT2D eigenvalue weighted by molar-refractivity contribution is 6.21. The van der Waals surface area contributed by atoms with Crippen LogP contribution in [0.25, 0.3) is 0 Å². The van der Waals surface area contributed by atoms with Gasteiger partial charge in [-0.25, -0.2) is 9.18 Å². The Labute approximate surface area is 155 Å². The highest BCUT2D eigenvalue weighted by atomic mass is 19.4. The van der Waals surface area contributed by atoms with E-state index in [4.69, 9.17) is 4.84 Å². The first-order valence-electron chi connectivity index (χ1n) is 8.22. The maximum atomic E-state index is 13.7. The molecule has 9 heteroatoms. The lowest BCUT2D eigenvalue weighted by atomic mass is 9.94. The Morgan fingerprint density at radius 2 is 1.57 bits per heavy atom. The van der Waals surface area contributed by atoms with E-state index >= 15 is 0 Å². The van der Waals surface area contributed by atoms with E-state index in [2.05, 4.69) is 0 Å². The predicted molar refractivity (Wildman–Crippen MR) is 85.3 cm³/mol. The molecule has 0 aromatic heterocycles. The summed E-state index contributed by atoms with van der Waals surface area (Å²) in [5.74, 6) is -3.93. The number of benzene rings is 2. The normalized spacial score (nSPS) is 17.5. The van der Waals surface area contributed by atoms with Crippen LogP contribution in [0.15, 0.2) is 42.5 Å². The Kier molecular flexibility index (Phi) is 3.81. The van der Waals surface area contributed by atoms with Gasteiger partial charge in [-0.2, -0.15) is 13.2 Å². The van der Waals surface area contributed by atoms with Crippen molar-refractivity contribution in [2.45, 2.75) is 24.4 Å². The van der Waals surface area contributed by atoms with Crippen LogP contribution in [0, 0.1) is 5.82 Å². The van der Waals surface area contributed by atoms with Gasteiger partial charge in [0, 0.05) is 0 Å². The Morgan fingerprint density at radius 3 is 2.07 bits per heavy atom. The van der Waals surface area contributed by atoms with Crippen LogP contribution in [-0.4, -0.2) is 22.8 Å². The van der Waals surface area contributed by atoms with Crippen molar-refractivity contribution in [3.63, 3.8) is 0 Å². The molecule has 2 amide bonds. The molecular weight excluding hydrogens is 382 g/mol. The molecule has 0 bridgehead atoms. The highest BCUT2D eigenvalue weighted by Gasteiger charge is 2.55. The minimum atomic E-state index is -4.79. The van der Waals surface area contributed by atoms with Crippen LogP contribution < -0.4 is 0 Å². The molecule has 1 aliphatic heterocycles. The van der Waals surface area contributed by atoms with Crippen molar-refractivity contribution < 1.29 is 36.8 Å². The summed E-state index contributed by atoms with van der Waals surface area (Å²) in [6.45, 7) is 0. The van der Waals surface area contributed by atoms with Crippen LogP contribution in [0.4, 0.5) is 17.6 Å². The first-order chi connectivity index (χ1) is 13.1. The van der Waals surface area contributed by atoms with Crippen molar-refractivity contribution in [3.8, 4) is 0 Å². The number of amides is 2. The summed E-state index contributed by atoms with van der Waals surface area (Å²) >= 11 is 0. The summed E-state index contributed by atoms with van der Waals surface area (Å²) in [6, 6.07) is 7.67. The maximum Gasteiger partial charge on any atom is 0.416 e. The molecule has 0 unspecified atom stereocenters. The topological polar surface area (TPSA) is 63.7 Å². The van der Waals surface area contributed by atoms with Gasteiger partial charge in [-0.15, -0.1) is 0 Å². The fourth-order valence-electron chi connectivity index (χ4n) is 3.19. The molecule has 0 radical (unpaired) electrons. The van der Waals surface area contributed by atoms with Gasteiger partial charge in [0.15, 0.2) is 0 Å². The number of hydrogen-bond donors (Lipinski definition) is 0. The van der Waals surface area contributed by atoms with Crippen molar-refractivity contribution in [1.82, 2.24) is 5.06 Å². The van der Waals surface area contributed by atoms with E-state index in [1.165, 1.54) is 24.3 Å². The number of hydroxylamine groups is 2. The van der Waals surface area contributed by atoms with Crippen LogP contribution >= 0.6 is 0 Å². The number of halogens is 4. The largest absolute Gasteiger partial charge is 0.416 e. The second kappa shape index (κ2) is 5.88. The van der Waals surface area contributed by atoms with Gasteiger partial charge in [-0.1, -0.05) is 17.2 Å². The smallest absolute Gasteiger partial charge is 0.329 e. The fraction of sp³-hybridized carbons (Fsp3) is 0.211. The van der Waals surface area contributed by atoms with E-state index in [9.17, 15) is 31.9 Å². The van der Waals surface area contributed by atoms with Gasteiger partial charge in [0.05, 0.1) is 22.1 Å². The molecule has 0 N–H and O–H groups in total. The zero-order valence-electron chi connectivity index (χ0n) is 14.0. The zero-order valence-corrected chi connectivity index (χ0v) is 14.0. The third-order valence-corrected chi connectivity index (χ3v) is 4.85. The summed E-state index contributed by atoms with van der Waals surface area (Å²) in [5.41, 5.74) is -2.87. The second-order valence-electron chi connectivity index (χ2n) is 6.64. The standard InChI is InChI=1S/C19H11F4NO4/c20-12-8-10(7-11(9-12)19(21,22)23)18(5-6-18)17(27)28-24-15(25)13-3-1-2-4-14(13)16(24)26/h1-4,7-9H,5-6H2. The molecule has 2 aliphatic rings. The molecule has 1 aliphatic carbocycles. The average Bonchev–Trinajstić information content (AvgIpc) is 3.42. The third-order valence-electron chi connectivity index (χ3n) is 4.85. The molecule has 0 saturated heterocycles. The van der Waals surface area contributed by atoms with Crippen molar-refractivity contribution in [3.05, 3.63) is 70.5 Å². The number of rotatable bonds is 3. The third kappa shape index (κ3) is 2.74. The molecule has 144 valence electrons. The van der Waals surface area contributed by atoms with Gasteiger partial charge >= 0.3 is 12.1 Å². The van der Waals surface area contributed by atoms with Crippen molar-refractivity contribution in [2.75, 3.05) is 0 Å². The SMILES string of the molecule is O=C1c2ccccc2C(=O)N1OC(=O)C1(c2cc(F)cc(C(F)(F)F)c2)CC1. The lowest BCUT2D eigenvalue weighted by Crippen LogP contribution is -2.37. The Bertz CT molecular complexity index is 992. The lowest BCUT2D eigenvalue weighted by Gasteiger charge is -2.19. The summed E-state index contributed by atoms with van der Waals surface area (Å²) in [5, 5.41) is 0.289. The zero-order chi connectivity index (χ0) is 20.3. The van der Waals surface area contributed by atoms with E-state index in [0.29, 0.717) is 12.1 Å². The van der Waals surface area contributed by atoms with E-state index in [1.807, 2.05) is 0 Å². The van der Waals surface area contributed by atoms with Crippen LogP contribution in [0.2, 0.25) is 0 Å². The Hall–Kier alpha value is -3.23. The van der Waals surface area contributed by atoms with Gasteiger partial charge in [-0.05, 0) is 48.7 Å². The van der Waals surface area contributed by atoms with E-state index < -0.39 is 40.8 Å². The van der Waals surface area contributed by atoms with E-state index in [1.54, 1.807) is 0 Å². The molecule has 0 atom stereocenters. The number of carbonyl (C=O) groups is 3. The quantitative estimate of drug-likeness (QED) is 0.590. The summed E-state index contributed by atoms with van der Waals surface area (Å²) in [6.07, 6.45) is -4.58. The van der Waals surface area contributed by atoms with Gasteiger partial charge in [-0.3, -0.25) is 9.59 Å². The molecule has 28 heavy (non-hydrogen) atoms.